The first-order valence-electron chi connectivity index (χ1n) is 11.8. The number of morpholine rings is 1. The minimum absolute atomic E-state index is 0.266. The molecule has 0 bridgehead atoms. The van der Waals surface area contributed by atoms with E-state index in [9.17, 15) is 4.79 Å². The van der Waals surface area contributed by atoms with Crippen LogP contribution >= 0.6 is 0 Å². The molecule has 9 heteroatoms. The van der Waals surface area contributed by atoms with E-state index in [0.29, 0.717) is 48.3 Å². The molecule has 0 spiro atoms. The van der Waals surface area contributed by atoms with Gasteiger partial charge in [-0.3, -0.25) is 9.69 Å². The van der Waals surface area contributed by atoms with Crippen molar-refractivity contribution in [2.45, 2.75) is 27.3 Å². The van der Waals surface area contributed by atoms with Gasteiger partial charge >= 0.3 is 0 Å². The van der Waals surface area contributed by atoms with Gasteiger partial charge < -0.3 is 29.2 Å². The normalized spacial score (nSPS) is 14.2. The van der Waals surface area contributed by atoms with E-state index < -0.39 is 0 Å². The van der Waals surface area contributed by atoms with E-state index >= 15 is 0 Å². The van der Waals surface area contributed by atoms with Crippen molar-refractivity contribution < 1.29 is 23.7 Å². The summed E-state index contributed by atoms with van der Waals surface area (Å²) in [7, 11) is 0. The number of hydrogen-bond acceptors (Lipinski definition) is 7. The third-order valence-electron chi connectivity index (χ3n) is 5.44. The molecule has 1 saturated heterocycles. The minimum Gasteiger partial charge on any atom is -0.490 e. The highest BCUT2D eigenvalue weighted by Crippen LogP contribution is 2.39. The van der Waals surface area contributed by atoms with Crippen LogP contribution in [0.15, 0.2) is 30.3 Å². The number of nitrogens with one attached hydrogen (secondary N) is 2. The quantitative estimate of drug-likeness (QED) is 0.466. The van der Waals surface area contributed by atoms with Crippen LogP contribution in [0.25, 0.3) is 11.0 Å². The highest BCUT2D eigenvalue weighted by Gasteiger charge is 2.19. The SMILES string of the molecule is CCOc1cc(C(=O)Nc2ccc3nc(CN4CCOCC4)[nH]c3c2)cc(OCC)c1OCC. The number of H-pyrrole nitrogens is 1. The Labute approximate surface area is 199 Å². The molecule has 0 radical (unpaired) electrons. The van der Waals surface area contributed by atoms with Gasteiger partial charge in [0.25, 0.3) is 5.91 Å². The van der Waals surface area contributed by atoms with E-state index in [4.69, 9.17) is 18.9 Å². The average molecular weight is 469 g/mol. The summed E-state index contributed by atoms with van der Waals surface area (Å²) in [5.41, 5.74) is 2.83. The Bertz CT molecular complexity index is 1100. The summed E-state index contributed by atoms with van der Waals surface area (Å²) in [6, 6.07) is 9.01. The van der Waals surface area contributed by atoms with Gasteiger partial charge in [0.1, 0.15) is 5.82 Å². The van der Waals surface area contributed by atoms with Crippen molar-refractivity contribution in [1.82, 2.24) is 14.9 Å². The highest BCUT2D eigenvalue weighted by molar-refractivity contribution is 6.05. The third-order valence-corrected chi connectivity index (χ3v) is 5.44. The van der Waals surface area contributed by atoms with Crippen LogP contribution in [0.2, 0.25) is 0 Å². The van der Waals surface area contributed by atoms with Crippen molar-refractivity contribution in [2.24, 2.45) is 0 Å². The van der Waals surface area contributed by atoms with Crippen molar-refractivity contribution >= 4 is 22.6 Å². The molecule has 1 aliphatic heterocycles. The van der Waals surface area contributed by atoms with Crippen LogP contribution < -0.4 is 19.5 Å². The van der Waals surface area contributed by atoms with Gasteiger partial charge in [-0.15, -0.1) is 0 Å². The van der Waals surface area contributed by atoms with E-state index in [2.05, 4.69) is 20.2 Å². The number of aromatic amines is 1. The average Bonchev–Trinajstić information content (AvgIpc) is 3.23. The van der Waals surface area contributed by atoms with Crippen LogP contribution in [-0.2, 0) is 11.3 Å². The predicted octanol–water partition coefficient (Wildman–Crippen LogP) is 3.84. The lowest BCUT2D eigenvalue weighted by Gasteiger charge is -2.25. The van der Waals surface area contributed by atoms with E-state index in [1.54, 1.807) is 12.1 Å². The van der Waals surface area contributed by atoms with E-state index in [0.717, 1.165) is 49.7 Å². The Morgan fingerprint density at radius 1 is 1.03 bits per heavy atom. The van der Waals surface area contributed by atoms with Gasteiger partial charge in [0.2, 0.25) is 5.75 Å². The molecule has 0 saturated carbocycles. The Hall–Kier alpha value is -3.30. The predicted molar refractivity (Wildman–Crippen MR) is 130 cm³/mol. The number of nitrogens with zero attached hydrogens (tertiary/aromatic N) is 2. The zero-order valence-corrected chi connectivity index (χ0v) is 20.0. The van der Waals surface area contributed by atoms with Crippen molar-refractivity contribution in [2.75, 3.05) is 51.4 Å². The van der Waals surface area contributed by atoms with Crippen LogP contribution in [0, 0.1) is 0 Å². The maximum absolute atomic E-state index is 13.1. The summed E-state index contributed by atoms with van der Waals surface area (Å²) >= 11 is 0. The van der Waals surface area contributed by atoms with Gasteiger partial charge in [-0.05, 0) is 51.1 Å². The molecule has 1 aromatic heterocycles. The molecule has 9 nitrogen and oxygen atoms in total. The van der Waals surface area contributed by atoms with Gasteiger partial charge in [-0.1, -0.05) is 0 Å². The number of imidazole rings is 1. The van der Waals surface area contributed by atoms with Crippen molar-refractivity contribution in [3.05, 3.63) is 41.7 Å². The molecule has 0 atom stereocenters. The number of carbonyl (C=O) groups is 1. The van der Waals surface area contributed by atoms with E-state index in [1.165, 1.54) is 0 Å². The van der Waals surface area contributed by atoms with E-state index in [-0.39, 0.29) is 5.91 Å². The number of aromatic nitrogens is 2. The highest BCUT2D eigenvalue weighted by atomic mass is 16.5. The van der Waals surface area contributed by atoms with Crippen LogP contribution in [0.5, 0.6) is 17.2 Å². The molecule has 4 rings (SSSR count). The van der Waals surface area contributed by atoms with Crippen molar-refractivity contribution in [1.29, 1.82) is 0 Å². The molecule has 1 amide bonds. The fraction of sp³-hybridized carbons (Fsp3) is 0.440. The molecule has 0 unspecified atom stereocenters. The summed E-state index contributed by atoms with van der Waals surface area (Å²) in [4.78, 5) is 23.4. The second kappa shape index (κ2) is 11.2. The standard InChI is InChI=1S/C25H32N4O5/c1-4-32-21-13-17(14-22(33-5-2)24(21)34-6-3)25(30)26-18-7-8-19-20(15-18)28-23(27-19)16-29-9-11-31-12-10-29/h7-8,13-15H,4-6,9-12,16H2,1-3H3,(H,26,30)(H,27,28). The Morgan fingerprint density at radius 3 is 2.35 bits per heavy atom. The van der Waals surface area contributed by atoms with Crippen LogP contribution in [0.1, 0.15) is 37.0 Å². The molecular weight excluding hydrogens is 436 g/mol. The first-order chi connectivity index (χ1) is 16.6. The number of hydrogen-bond donors (Lipinski definition) is 2. The molecule has 2 aromatic carbocycles. The third kappa shape index (κ3) is 5.60. The number of fused-ring (bicyclic) bond motifs is 1. The lowest BCUT2D eigenvalue weighted by Crippen LogP contribution is -2.35. The van der Waals surface area contributed by atoms with Crippen LogP contribution in [0.3, 0.4) is 0 Å². The fourth-order valence-corrected chi connectivity index (χ4v) is 3.91. The first kappa shape index (κ1) is 23.8. The molecule has 1 aliphatic rings. The van der Waals surface area contributed by atoms with Crippen molar-refractivity contribution in [3.8, 4) is 17.2 Å². The second-order valence-corrected chi connectivity index (χ2v) is 7.86. The number of benzene rings is 2. The smallest absolute Gasteiger partial charge is 0.255 e. The Morgan fingerprint density at radius 2 is 1.71 bits per heavy atom. The number of rotatable bonds is 10. The molecule has 0 aliphatic carbocycles. The maximum atomic E-state index is 13.1. The number of amides is 1. The van der Waals surface area contributed by atoms with Gasteiger partial charge in [-0.25, -0.2) is 4.98 Å². The molecule has 34 heavy (non-hydrogen) atoms. The fourth-order valence-electron chi connectivity index (χ4n) is 3.91. The molecule has 2 N–H and O–H groups in total. The van der Waals surface area contributed by atoms with E-state index in [1.807, 2.05) is 39.0 Å². The lowest BCUT2D eigenvalue weighted by atomic mass is 10.1. The van der Waals surface area contributed by atoms with Gasteiger partial charge in [0.15, 0.2) is 11.5 Å². The van der Waals surface area contributed by atoms with Crippen molar-refractivity contribution in [3.63, 3.8) is 0 Å². The van der Waals surface area contributed by atoms with Gasteiger partial charge in [0.05, 0.1) is 50.6 Å². The zero-order chi connectivity index (χ0) is 23.9. The Balaban J connectivity index is 1.53. The minimum atomic E-state index is -0.266. The molecule has 3 aromatic rings. The number of anilines is 1. The second-order valence-electron chi connectivity index (χ2n) is 7.86. The summed E-state index contributed by atoms with van der Waals surface area (Å²) in [6.07, 6.45) is 0. The first-order valence-corrected chi connectivity index (χ1v) is 11.8. The molecule has 2 heterocycles. The summed E-state index contributed by atoms with van der Waals surface area (Å²) < 4.78 is 22.6. The topological polar surface area (TPSA) is 97.9 Å². The monoisotopic (exact) mass is 468 g/mol. The molecule has 1 fully saturated rings. The summed E-state index contributed by atoms with van der Waals surface area (Å²) in [5.74, 6) is 2.11. The maximum Gasteiger partial charge on any atom is 0.255 e. The summed E-state index contributed by atoms with van der Waals surface area (Å²) in [6.45, 7) is 11.0. The Kier molecular flexibility index (Phi) is 7.87. The van der Waals surface area contributed by atoms with Crippen LogP contribution in [0.4, 0.5) is 5.69 Å². The molecule has 182 valence electrons. The molecular formula is C25H32N4O5. The van der Waals surface area contributed by atoms with Gasteiger partial charge in [0, 0.05) is 24.3 Å². The number of carbonyl (C=O) groups excluding carboxylic acids is 1. The van der Waals surface area contributed by atoms with Crippen LogP contribution in [-0.4, -0.2) is 66.9 Å². The number of ether oxygens (including phenoxy) is 4. The lowest BCUT2D eigenvalue weighted by molar-refractivity contribution is 0.0332. The zero-order valence-electron chi connectivity index (χ0n) is 20.0. The summed E-state index contributed by atoms with van der Waals surface area (Å²) in [5, 5.41) is 2.97. The van der Waals surface area contributed by atoms with Gasteiger partial charge in [-0.2, -0.15) is 0 Å². The largest absolute Gasteiger partial charge is 0.490 e.